The van der Waals surface area contributed by atoms with Gasteiger partial charge in [0.1, 0.15) is 0 Å². The fourth-order valence-electron chi connectivity index (χ4n) is 6.17. The third-order valence-corrected chi connectivity index (χ3v) is 18.9. The number of benzene rings is 6. The van der Waals surface area contributed by atoms with E-state index >= 15 is 0 Å². The summed E-state index contributed by atoms with van der Waals surface area (Å²) in [5.41, 5.74) is 1.49. The minimum Gasteiger partial charge on any atom is -0.478 e. The second-order valence-corrected chi connectivity index (χ2v) is 21.1. The molecule has 0 spiro atoms. The van der Waals surface area contributed by atoms with Gasteiger partial charge in [-0.05, 0) is 146 Å². The Kier molecular flexibility index (Phi) is 13.0. The highest BCUT2D eigenvalue weighted by Crippen LogP contribution is 2.76. The quantitative estimate of drug-likeness (QED) is 0.0356. The van der Waals surface area contributed by atoms with E-state index in [1.807, 2.05) is 0 Å². The van der Waals surface area contributed by atoms with Crippen molar-refractivity contribution in [3.05, 3.63) is 179 Å². The Balaban J connectivity index is 1.58. The topological polar surface area (TPSA) is 333 Å². The summed E-state index contributed by atoms with van der Waals surface area (Å²) >= 11 is 0. The molecular formula is C42H36N9O12P3. The van der Waals surface area contributed by atoms with Crippen LogP contribution in [0.4, 0.5) is 34.1 Å². The number of hydrogen-bond donors (Lipinski definition) is 12. The Morgan fingerprint density at radius 1 is 0.258 bits per heavy atom. The van der Waals surface area contributed by atoms with Gasteiger partial charge in [0.15, 0.2) is 0 Å². The molecule has 0 aromatic heterocycles. The lowest BCUT2D eigenvalue weighted by atomic mass is 10.2. The van der Waals surface area contributed by atoms with E-state index in [0.717, 1.165) is 0 Å². The van der Waals surface area contributed by atoms with Crippen molar-refractivity contribution in [2.45, 2.75) is 0 Å². The van der Waals surface area contributed by atoms with E-state index in [1.54, 1.807) is 0 Å². The summed E-state index contributed by atoms with van der Waals surface area (Å²) in [5, 5.41) is 78.6. The van der Waals surface area contributed by atoms with Crippen LogP contribution in [-0.4, -0.2) is 66.5 Å². The number of rotatable bonds is 18. The molecule has 66 heavy (non-hydrogen) atoms. The van der Waals surface area contributed by atoms with Gasteiger partial charge in [0.05, 0.1) is 33.4 Å². The Labute approximate surface area is 373 Å². The Morgan fingerprint density at radius 2 is 0.379 bits per heavy atom. The van der Waals surface area contributed by atoms with E-state index in [2.05, 4.69) is 30.5 Å². The molecule has 7 rings (SSSR count). The molecule has 0 atom stereocenters. The first kappa shape index (κ1) is 45.6. The number of carboxylic acids is 6. The summed E-state index contributed by atoms with van der Waals surface area (Å²) in [7, 11) is -11.9. The fraction of sp³-hybridized carbons (Fsp3) is 0. The first-order valence-corrected chi connectivity index (χ1v) is 24.1. The van der Waals surface area contributed by atoms with E-state index in [1.165, 1.54) is 146 Å². The van der Waals surface area contributed by atoms with E-state index in [4.69, 9.17) is 13.5 Å². The SMILES string of the molecule is O=C(O)c1ccc(NP2(Nc3ccc(C(=O)O)cc3)=NP(Nc3ccc(C(=O)O)cc3)(Nc3ccc(C(=O)O)cc3)=NP(Nc3ccc(C(=O)O)cc3)(Nc3ccc(C(=O)O)cc3)=N2)cc1. The van der Waals surface area contributed by atoms with E-state index in [0.29, 0.717) is 34.1 Å². The molecule has 0 aliphatic carbocycles. The molecule has 24 heteroatoms. The van der Waals surface area contributed by atoms with E-state index in [9.17, 15) is 59.4 Å². The number of nitrogens with one attached hydrogen (secondary N) is 6. The van der Waals surface area contributed by atoms with Gasteiger partial charge in [-0.2, -0.15) is 13.5 Å². The monoisotopic (exact) mass is 951 g/mol. The smallest absolute Gasteiger partial charge is 0.335 e. The van der Waals surface area contributed by atoms with Crippen LogP contribution < -0.4 is 30.5 Å². The van der Waals surface area contributed by atoms with Gasteiger partial charge < -0.3 is 61.2 Å². The van der Waals surface area contributed by atoms with Crippen LogP contribution in [0.25, 0.3) is 0 Å². The molecule has 0 radical (unpaired) electrons. The van der Waals surface area contributed by atoms with Crippen molar-refractivity contribution >= 4 is 92.5 Å². The summed E-state index contributed by atoms with van der Waals surface area (Å²) in [6.45, 7) is 0. The zero-order chi connectivity index (χ0) is 47.2. The minimum atomic E-state index is -3.97. The molecule has 0 fully saturated rings. The lowest BCUT2D eigenvalue weighted by Crippen LogP contribution is -2.16. The third-order valence-electron chi connectivity index (χ3n) is 9.28. The largest absolute Gasteiger partial charge is 0.478 e. The normalized spacial score (nSPS) is 14.0. The molecule has 12 N–H and O–H groups in total. The standard InChI is InChI=1S/C42H36N9O12P3/c52-37(53)25-1-13-31(14-2-25)43-64(44-32-15-3-26(4-16-32)38(54)55)49-65(45-33-17-5-27(6-18-33)39(56)57,46-34-19-7-28(8-20-34)40(58)59)51-66(50-64,47-35-21-9-29(10-22-35)41(60)61)48-36-23-11-30(12-24-36)42(62)63/h1-24,43-48H,(H,52,53)(H,54,55)(H,56,57)(H,58,59)(H,60,61)(H,62,63). The molecular weight excluding hydrogens is 915 g/mol. The molecule has 6 aromatic carbocycles. The van der Waals surface area contributed by atoms with E-state index < -0.39 is 58.3 Å². The number of nitrogens with zero attached hydrogens (tertiary/aromatic N) is 3. The summed E-state index contributed by atoms with van der Waals surface area (Å²) in [6.07, 6.45) is 0. The zero-order valence-corrected chi connectivity index (χ0v) is 36.4. The maximum atomic E-state index is 11.9. The van der Waals surface area contributed by atoms with Crippen LogP contribution in [0.5, 0.6) is 0 Å². The molecule has 336 valence electrons. The summed E-state index contributed by atoms with van der Waals surface area (Å²) in [5.74, 6) is -7.19. The summed E-state index contributed by atoms with van der Waals surface area (Å²) < 4.78 is 16.1. The molecule has 0 bridgehead atoms. The van der Waals surface area contributed by atoms with Crippen molar-refractivity contribution in [2.75, 3.05) is 30.5 Å². The summed E-state index contributed by atoms with van der Waals surface area (Å²) in [6, 6.07) is 33.8. The average molecular weight is 952 g/mol. The van der Waals surface area contributed by atoms with Crippen LogP contribution in [0, 0.1) is 0 Å². The van der Waals surface area contributed by atoms with Crippen LogP contribution in [-0.2, 0) is 0 Å². The molecule has 0 unspecified atom stereocenters. The van der Waals surface area contributed by atoms with Crippen molar-refractivity contribution in [3.63, 3.8) is 0 Å². The molecule has 6 aromatic rings. The molecule has 0 amide bonds. The fourth-order valence-corrected chi connectivity index (χ4v) is 17.4. The van der Waals surface area contributed by atoms with Crippen molar-refractivity contribution in [1.29, 1.82) is 0 Å². The molecule has 0 saturated carbocycles. The van der Waals surface area contributed by atoms with Gasteiger partial charge in [-0.3, -0.25) is 0 Å². The number of aromatic carboxylic acids is 6. The maximum absolute atomic E-state index is 11.9. The third kappa shape index (κ3) is 10.9. The molecule has 1 aliphatic heterocycles. The predicted octanol–water partition coefficient (Wildman–Crippen LogP) is 10.7. The Bertz CT molecular complexity index is 2520. The molecule has 1 aliphatic rings. The van der Waals surface area contributed by atoms with E-state index in [-0.39, 0.29) is 33.4 Å². The summed E-state index contributed by atoms with van der Waals surface area (Å²) in [4.78, 5) is 71.5. The van der Waals surface area contributed by atoms with Crippen LogP contribution in [0.15, 0.2) is 159 Å². The highest BCUT2D eigenvalue weighted by Gasteiger charge is 2.40. The van der Waals surface area contributed by atoms with Crippen molar-refractivity contribution < 1.29 is 59.4 Å². The van der Waals surface area contributed by atoms with Gasteiger partial charge in [0.2, 0.25) is 0 Å². The second-order valence-electron chi connectivity index (χ2n) is 14.0. The molecule has 21 nitrogen and oxygen atoms in total. The Morgan fingerprint density at radius 3 is 0.485 bits per heavy atom. The van der Waals surface area contributed by atoms with Gasteiger partial charge in [-0.15, -0.1) is 0 Å². The van der Waals surface area contributed by atoms with Gasteiger partial charge in [-0.25, -0.2) is 28.8 Å². The molecule has 0 saturated heterocycles. The van der Waals surface area contributed by atoms with Crippen LogP contribution in [0.2, 0.25) is 0 Å². The van der Waals surface area contributed by atoms with Crippen molar-refractivity contribution in [1.82, 2.24) is 0 Å². The lowest BCUT2D eigenvalue weighted by Gasteiger charge is -2.38. The first-order valence-electron chi connectivity index (χ1n) is 19.0. The first-order chi connectivity index (χ1) is 31.4. The molecule has 1 heterocycles. The van der Waals surface area contributed by atoms with Crippen molar-refractivity contribution in [2.24, 2.45) is 13.5 Å². The second kappa shape index (κ2) is 18.8. The van der Waals surface area contributed by atoms with Crippen LogP contribution in [0.3, 0.4) is 0 Å². The number of hydrogen-bond acceptors (Lipinski definition) is 15. The highest BCUT2D eigenvalue weighted by molar-refractivity contribution is 7.89. The minimum absolute atomic E-state index is 0.0442. The predicted molar refractivity (Wildman–Crippen MR) is 250 cm³/mol. The lowest BCUT2D eigenvalue weighted by molar-refractivity contribution is 0.0686. The van der Waals surface area contributed by atoms with Gasteiger partial charge in [0.25, 0.3) is 22.5 Å². The van der Waals surface area contributed by atoms with Crippen molar-refractivity contribution in [3.8, 4) is 0 Å². The number of anilines is 6. The maximum Gasteiger partial charge on any atom is 0.335 e. The highest BCUT2D eigenvalue weighted by atomic mass is 31.3. The number of carboxylic acid groups (broad SMARTS) is 6. The van der Waals surface area contributed by atoms with Gasteiger partial charge >= 0.3 is 35.8 Å². The number of carbonyl (C=O) groups is 6. The average Bonchev–Trinajstić information content (AvgIpc) is 3.27. The Hall–Kier alpha value is -8.37. The van der Waals surface area contributed by atoms with Gasteiger partial charge in [-0.1, -0.05) is 0 Å². The van der Waals surface area contributed by atoms with Crippen LogP contribution >= 0.6 is 22.5 Å². The zero-order valence-electron chi connectivity index (χ0n) is 33.7. The van der Waals surface area contributed by atoms with Gasteiger partial charge in [0, 0.05) is 34.1 Å². The van der Waals surface area contributed by atoms with Crippen LogP contribution in [0.1, 0.15) is 62.1 Å².